The quantitative estimate of drug-likeness (QED) is 0.850. The number of nitrogens with one attached hydrogen (secondary N) is 1. The molecule has 0 unspecified atom stereocenters. The highest BCUT2D eigenvalue weighted by Gasteiger charge is 1.99. The summed E-state index contributed by atoms with van der Waals surface area (Å²) in [6.07, 6.45) is 1.84. The van der Waals surface area contributed by atoms with Crippen LogP contribution in [0.25, 0.3) is 0 Å². The van der Waals surface area contributed by atoms with Crippen molar-refractivity contribution in [3.63, 3.8) is 0 Å². The predicted octanol–water partition coefficient (Wildman–Crippen LogP) is 2.82. The summed E-state index contributed by atoms with van der Waals surface area (Å²) in [5.41, 5.74) is 3.64. The van der Waals surface area contributed by atoms with Gasteiger partial charge in [0, 0.05) is 18.4 Å². The predicted molar refractivity (Wildman–Crippen MR) is 66.4 cm³/mol. The Hall–Kier alpha value is -1.77. The molecule has 2 rings (SSSR count). The standard InChI is InChI=1S/C13H17N3/c1-3-16-13(8-9-15-16)10-14-12-6-4-11(2)5-7-12/h4-9,14H,3,10H2,1-2H3. The van der Waals surface area contributed by atoms with Crippen molar-refractivity contribution in [3.8, 4) is 0 Å². The lowest BCUT2D eigenvalue weighted by atomic mass is 10.2. The van der Waals surface area contributed by atoms with Gasteiger partial charge in [0.2, 0.25) is 0 Å². The Kier molecular flexibility index (Phi) is 3.25. The topological polar surface area (TPSA) is 29.9 Å². The van der Waals surface area contributed by atoms with Gasteiger partial charge in [-0.15, -0.1) is 0 Å². The maximum atomic E-state index is 4.24. The van der Waals surface area contributed by atoms with Crippen molar-refractivity contribution < 1.29 is 0 Å². The van der Waals surface area contributed by atoms with Crippen LogP contribution in [0.4, 0.5) is 5.69 Å². The van der Waals surface area contributed by atoms with Crippen LogP contribution in [-0.2, 0) is 13.1 Å². The van der Waals surface area contributed by atoms with Gasteiger partial charge < -0.3 is 5.32 Å². The lowest BCUT2D eigenvalue weighted by Gasteiger charge is -2.08. The van der Waals surface area contributed by atoms with E-state index in [-0.39, 0.29) is 0 Å². The lowest BCUT2D eigenvalue weighted by molar-refractivity contribution is 0.627. The van der Waals surface area contributed by atoms with E-state index in [1.54, 1.807) is 0 Å². The van der Waals surface area contributed by atoms with Crippen molar-refractivity contribution >= 4 is 5.69 Å². The highest BCUT2D eigenvalue weighted by atomic mass is 15.3. The number of nitrogens with zero attached hydrogens (tertiary/aromatic N) is 2. The fraction of sp³-hybridized carbons (Fsp3) is 0.308. The normalized spacial score (nSPS) is 10.4. The third kappa shape index (κ3) is 2.42. The SMILES string of the molecule is CCn1nccc1CNc1ccc(C)cc1. The highest BCUT2D eigenvalue weighted by Crippen LogP contribution is 2.10. The number of hydrogen-bond acceptors (Lipinski definition) is 2. The fourth-order valence-corrected chi connectivity index (χ4v) is 1.66. The van der Waals surface area contributed by atoms with Gasteiger partial charge in [-0.1, -0.05) is 17.7 Å². The van der Waals surface area contributed by atoms with Crippen molar-refractivity contribution in [1.82, 2.24) is 9.78 Å². The summed E-state index contributed by atoms with van der Waals surface area (Å²) in [6, 6.07) is 10.5. The van der Waals surface area contributed by atoms with E-state index in [2.05, 4.69) is 48.5 Å². The summed E-state index contributed by atoms with van der Waals surface area (Å²) in [6.45, 7) is 5.92. The zero-order valence-electron chi connectivity index (χ0n) is 9.77. The van der Waals surface area contributed by atoms with Gasteiger partial charge in [-0.25, -0.2) is 0 Å². The van der Waals surface area contributed by atoms with E-state index in [0.29, 0.717) is 0 Å². The Morgan fingerprint density at radius 1 is 1.19 bits per heavy atom. The van der Waals surface area contributed by atoms with Gasteiger partial charge in [0.05, 0.1) is 12.2 Å². The Labute approximate surface area is 96.1 Å². The third-order valence-electron chi connectivity index (χ3n) is 2.63. The molecule has 3 nitrogen and oxygen atoms in total. The summed E-state index contributed by atoms with van der Waals surface area (Å²) < 4.78 is 2.00. The first kappa shape index (κ1) is 10.7. The van der Waals surface area contributed by atoms with Crippen LogP contribution < -0.4 is 5.32 Å². The minimum atomic E-state index is 0.816. The first-order valence-electron chi connectivity index (χ1n) is 5.61. The van der Waals surface area contributed by atoms with Gasteiger partial charge in [-0.2, -0.15) is 5.10 Å². The van der Waals surface area contributed by atoms with Gasteiger partial charge in [-0.3, -0.25) is 4.68 Å². The monoisotopic (exact) mass is 215 g/mol. The molecule has 0 bridgehead atoms. The second kappa shape index (κ2) is 4.84. The van der Waals surface area contributed by atoms with E-state index in [0.717, 1.165) is 18.8 Å². The fourth-order valence-electron chi connectivity index (χ4n) is 1.66. The summed E-state index contributed by atoms with van der Waals surface area (Å²) in [7, 11) is 0. The van der Waals surface area contributed by atoms with Crippen molar-refractivity contribution in [3.05, 3.63) is 47.8 Å². The minimum absolute atomic E-state index is 0.816. The van der Waals surface area contributed by atoms with Crippen molar-refractivity contribution in [2.75, 3.05) is 5.32 Å². The van der Waals surface area contributed by atoms with Crippen LogP contribution in [0.15, 0.2) is 36.5 Å². The summed E-state index contributed by atoms with van der Waals surface area (Å²) in [5, 5.41) is 7.63. The molecule has 3 heteroatoms. The zero-order chi connectivity index (χ0) is 11.4. The van der Waals surface area contributed by atoms with E-state index in [1.807, 2.05) is 16.9 Å². The van der Waals surface area contributed by atoms with Crippen LogP contribution in [-0.4, -0.2) is 9.78 Å². The minimum Gasteiger partial charge on any atom is -0.379 e. The molecule has 0 saturated carbocycles. The Morgan fingerprint density at radius 2 is 1.94 bits per heavy atom. The maximum Gasteiger partial charge on any atom is 0.0575 e. The molecule has 0 amide bonds. The molecule has 0 spiro atoms. The van der Waals surface area contributed by atoms with Gasteiger partial charge >= 0.3 is 0 Å². The molecule has 0 fully saturated rings. The molecule has 16 heavy (non-hydrogen) atoms. The van der Waals surface area contributed by atoms with Crippen molar-refractivity contribution in [2.24, 2.45) is 0 Å². The lowest BCUT2D eigenvalue weighted by Crippen LogP contribution is -2.07. The summed E-state index contributed by atoms with van der Waals surface area (Å²) in [5.74, 6) is 0. The van der Waals surface area contributed by atoms with E-state index in [9.17, 15) is 0 Å². The Balaban J connectivity index is 1.99. The first-order valence-corrected chi connectivity index (χ1v) is 5.61. The van der Waals surface area contributed by atoms with Crippen LogP contribution in [0.3, 0.4) is 0 Å². The third-order valence-corrected chi connectivity index (χ3v) is 2.63. The average Bonchev–Trinajstić information content (AvgIpc) is 2.76. The second-order valence-electron chi connectivity index (χ2n) is 3.86. The molecule has 2 aromatic rings. The molecule has 0 saturated heterocycles. The Morgan fingerprint density at radius 3 is 2.62 bits per heavy atom. The van der Waals surface area contributed by atoms with Crippen LogP contribution in [0.2, 0.25) is 0 Å². The Bertz CT molecular complexity index is 442. The number of hydrogen-bond donors (Lipinski definition) is 1. The molecule has 1 aromatic heterocycles. The van der Waals surface area contributed by atoms with E-state index in [1.165, 1.54) is 11.3 Å². The summed E-state index contributed by atoms with van der Waals surface area (Å²) >= 11 is 0. The molecule has 84 valence electrons. The smallest absolute Gasteiger partial charge is 0.0575 e. The first-order chi connectivity index (χ1) is 7.79. The highest BCUT2D eigenvalue weighted by molar-refractivity contribution is 5.44. The van der Waals surface area contributed by atoms with Crippen molar-refractivity contribution in [1.29, 1.82) is 0 Å². The van der Waals surface area contributed by atoms with Crippen LogP contribution in [0.5, 0.6) is 0 Å². The average molecular weight is 215 g/mol. The molecule has 0 radical (unpaired) electrons. The van der Waals surface area contributed by atoms with Crippen LogP contribution in [0.1, 0.15) is 18.2 Å². The molecule has 0 aliphatic carbocycles. The van der Waals surface area contributed by atoms with Crippen LogP contribution >= 0.6 is 0 Å². The largest absolute Gasteiger partial charge is 0.379 e. The summed E-state index contributed by atoms with van der Waals surface area (Å²) in [4.78, 5) is 0. The zero-order valence-corrected chi connectivity index (χ0v) is 9.77. The maximum absolute atomic E-state index is 4.24. The molecule has 0 atom stereocenters. The number of rotatable bonds is 4. The van der Waals surface area contributed by atoms with E-state index < -0.39 is 0 Å². The second-order valence-corrected chi connectivity index (χ2v) is 3.86. The van der Waals surface area contributed by atoms with Gasteiger partial charge in [0.1, 0.15) is 0 Å². The van der Waals surface area contributed by atoms with Gasteiger partial charge in [0.25, 0.3) is 0 Å². The molecule has 0 aliphatic heterocycles. The van der Waals surface area contributed by atoms with Crippen LogP contribution in [0, 0.1) is 6.92 Å². The number of benzene rings is 1. The van der Waals surface area contributed by atoms with Gasteiger partial charge in [0.15, 0.2) is 0 Å². The molecule has 1 heterocycles. The number of anilines is 1. The number of aromatic nitrogens is 2. The molecule has 1 N–H and O–H groups in total. The van der Waals surface area contributed by atoms with Crippen molar-refractivity contribution in [2.45, 2.75) is 26.9 Å². The van der Waals surface area contributed by atoms with E-state index in [4.69, 9.17) is 0 Å². The molecular weight excluding hydrogens is 198 g/mol. The van der Waals surface area contributed by atoms with E-state index >= 15 is 0 Å². The van der Waals surface area contributed by atoms with Gasteiger partial charge in [-0.05, 0) is 32.0 Å². The molecular formula is C13H17N3. The molecule has 0 aliphatic rings. The molecule has 1 aromatic carbocycles. The number of aryl methyl sites for hydroxylation is 2.